The molecule has 0 saturated carbocycles. The smallest absolute Gasteiger partial charge is 0.246 e. The van der Waals surface area contributed by atoms with E-state index in [4.69, 9.17) is 23.1 Å². The van der Waals surface area contributed by atoms with Crippen molar-refractivity contribution in [2.75, 3.05) is 42.1 Å². The van der Waals surface area contributed by atoms with Crippen molar-refractivity contribution in [3.05, 3.63) is 70.5 Å². The fourth-order valence-electron chi connectivity index (χ4n) is 8.25. The lowest BCUT2D eigenvalue weighted by atomic mass is 9.85. The van der Waals surface area contributed by atoms with Gasteiger partial charge in [-0.05, 0) is 81.5 Å². The highest BCUT2D eigenvalue weighted by atomic mass is 35.5. The number of unbranched alkanes of at least 4 members (excludes halogenated alkanes) is 1. The summed E-state index contributed by atoms with van der Waals surface area (Å²) in [5, 5.41) is 23.0. The van der Waals surface area contributed by atoms with Crippen LogP contribution in [-0.4, -0.2) is 104 Å². The number of anilines is 3. The number of aromatic nitrogens is 3. The van der Waals surface area contributed by atoms with Gasteiger partial charge in [0.1, 0.15) is 22.9 Å². The van der Waals surface area contributed by atoms with Gasteiger partial charge in [0, 0.05) is 62.3 Å². The first-order chi connectivity index (χ1) is 32.7. The van der Waals surface area contributed by atoms with Gasteiger partial charge in [-0.1, -0.05) is 74.5 Å². The minimum atomic E-state index is -0.951. The first-order valence-corrected chi connectivity index (χ1v) is 25.5. The van der Waals surface area contributed by atoms with Crippen molar-refractivity contribution < 1.29 is 29.1 Å². The second-order valence-corrected chi connectivity index (χ2v) is 21.6. The molecule has 0 aliphatic carbocycles. The zero-order valence-corrected chi connectivity index (χ0v) is 42.7. The van der Waals surface area contributed by atoms with Crippen molar-refractivity contribution in [2.24, 2.45) is 11.1 Å². The molecule has 0 bridgehead atoms. The van der Waals surface area contributed by atoms with Crippen molar-refractivity contribution in [3.8, 4) is 10.4 Å². The van der Waals surface area contributed by atoms with Crippen LogP contribution in [0.15, 0.2) is 64.1 Å². The van der Waals surface area contributed by atoms with Crippen LogP contribution in [0.25, 0.3) is 10.4 Å². The number of halogens is 1. The number of piperidine rings is 1. The topological polar surface area (TPSA) is 251 Å². The van der Waals surface area contributed by atoms with Crippen LogP contribution in [0.4, 0.5) is 17.3 Å². The Labute approximate surface area is 417 Å². The number of hydrogen-bond donors (Lipinski definition) is 7. The predicted octanol–water partition coefficient (Wildman–Crippen LogP) is 6.38. The summed E-state index contributed by atoms with van der Waals surface area (Å²) in [6.07, 6.45) is 4.19. The van der Waals surface area contributed by atoms with Gasteiger partial charge in [0.05, 0.1) is 45.1 Å². The zero-order valence-electron chi connectivity index (χ0n) is 40.3. The number of carbonyl (C=O) groups is 5. The quantitative estimate of drug-likeness (QED) is 0.0505. The SMILES string of the molecule is Cc1ncsc1-c1ccc([C@H](C)NC(=O)[C@@H]2C[C@@H](O)CN2C(=O)[C@@H](NC(=O)CCCCNC(=O)CCCC(=O)Nc2cccc(Sc3ncc(N4CCC(C)(N)CC4)nc3N)c2Cl)C(C)(C)C)cc1. The zero-order chi connectivity index (χ0) is 50.0. The van der Waals surface area contributed by atoms with Gasteiger partial charge >= 0.3 is 0 Å². The normalized spacial score (nSPS) is 17.8. The summed E-state index contributed by atoms with van der Waals surface area (Å²) >= 11 is 9.52. The molecule has 5 amide bonds. The molecule has 20 heteroatoms. The van der Waals surface area contributed by atoms with Crippen LogP contribution >= 0.6 is 34.7 Å². The molecule has 2 aliphatic rings. The highest BCUT2D eigenvalue weighted by molar-refractivity contribution is 7.99. The molecule has 17 nitrogen and oxygen atoms in total. The van der Waals surface area contributed by atoms with Crippen molar-refractivity contribution in [1.29, 1.82) is 0 Å². The predicted molar refractivity (Wildman–Crippen MR) is 272 cm³/mol. The lowest BCUT2D eigenvalue weighted by Gasteiger charge is -2.37. The second-order valence-electron chi connectivity index (χ2n) is 19.4. The molecular weight excluding hydrogens is 938 g/mol. The standard InChI is InChI=1S/C49H66ClN11O6S2/c1-29(31-16-18-32(19-17-31)42-30(2)55-28-68-42)56-45(66)35-25-33(62)27-61(35)47(67)43(48(3,4)5)59-40(65)13-7-8-22-53-38(63)14-10-15-39(64)57-34-11-9-12-36(41(34)50)69-46-44(51)58-37(26-54-46)60-23-20-49(6,52)21-24-60/h9,11-12,16-19,26,28-29,33,35,43,62H,7-8,10,13-15,20-25,27,52H2,1-6H3,(H2,51,58)(H,53,63)(H,56,66)(H,57,64)(H,59,65)/t29-,33+,35-,43+/m0/s1. The number of aryl methyl sites for hydroxylation is 1. The number of nitrogens with zero attached hydrogens (tertiary/aromatic N) is 5. The van der Waals surface area contributed by atoms with Crippen LogP contribution < -0.4 is 37.6 Å². The Morgan fingerprint density at radius 3 is 2.33 bits per heavy atom. The van der Waals surface area contributed by atoms with E-state index in [9.17, 15) is 29.1 Å². The van der Waals surface area contributed by atoms with Gasteiger partial charge in [0.2, 0.25) is 29.5 Å². The molecule has 2 aliphatic heterocycles. The molecule has 2 aromatic carbocycles. The number of nitrogens with two attached hydrogens (primary N) is 2. The Balaban J connectivity index is 0.889. The van der Waals surface area contributed by atoms with Gasteiger partial charge < -0.3 is 47.6 Å². The first kappa shape index (κ1) is 53.0. The van der Waals surface area contributed by atoms with Crippen LogP contribution in [0, 0.1) is 12.3 Å². The van der Waals surface area contributed by atoms with Gasteiger partial charge in [0.25, 0.3) is 0 Å². The average molecular weight is 1000 g/mol. The van der Waals surface area contributed by atoms with Gasteiger partial charge in [-0.25, -0.2) is 15.0 Å². The van der Waals surface area contributed by atoms with E-state index in [0.29, 0.717) is 52.3 Å². The summed E-state index contributed by atoms with van der Waals surface area (Å²) in [7, 11) is 0. The van der Waals surface area contributed by atoms with Crippen LogP contribution in [0.3, 0.4) is 0 Å². The third-order valence-electron chi connectivity index (χ3n) is 12.4. The Morgan fingerprint density at radius 2 is 1.67 bits per heavy atom. The fraction of sp³-hybridized carbons (Fsp3) is 0.510. The molecule has 69 heavy (non-hydrogen) atoms. The number of rotatable bonds is 19. The summed E-state index contributed by atoms with van der Waals surface area (Å²) in [4.78, 5) is 85.1. The number of aliphatic hydroxyl groups is 1. The summed E-state index contributed by atoms with van der Waals surface area (Å²) < 4.78 is 0. The number of thiazole rings is 1. The lowest BCUT2D eigenvalue weighted by molar-refractivity contribution is -0.144. The highest BCUT2D eigenvalue weighted by Crippen LogP contribution is 2.39. The van der Waals surface area contributed by atoms with E-state index in [1.165, 1.54) is 16.7 Å². The molecule has 6 rings (SSSR count). The summed E-state index contributed by atoms with van der Waals surface area (Å²) in [5.74, 6) is -0.692. The first-order valence-electron chi connectivity index (χ1n) is 23.5. The van der Waals surface area contributed by atoms with E-state index in [1.54, 1.807) is 35.7 Å². The minimum absolute atomic E-state index is 0.0268. The maximum atomic E-state index is 14.1. The summed E-state index contributed by atoms with van der Waals surface area (Å²) in [5.41, 5.74) is 16.8. The molecule has 0 radical (unpaired) electrons. The maximum absolute atomic E-state index is 14.1. The second kappa shape index (κ2) is 23.5. The maximum Gasteiger partial charge on any atom is 0.246 e. The number of carbonyl (C=O) groups excluding carboxylic acids is 5. The van der Waals surface area contributed by atoms with E-state index in [-0.39, 0.29) is 73.3 Å². The number of amides is 5. The van der Waals surface area contributed by atoms with E-state index in [1.807, 2.05) is 64.4 Å². The van der Waals surface area contributed by atoms with Crippen molar-refractivity contribution in [3.63, 3.8) is 0 Å². The largest absolute Gasteiger partial charge is 0.391 e. The molecule has 2 aromatic heterocycles. The third-order valence-corrected chi connectivity index (χ3v) is 15.0. The van der Waals surface area contributed by atoms with Gasteiger partial charge in [0.15, 0.2) is 5.82 Å². The fourth-order valence-corrected chi connectivity index (χ4v) is 10.2. The van der Waals surface area contributed by atoms with E-state index >= 15 is 0 Å². The Bertz CT molecular complexity index is 2450. The van der Waals surface area contributed by atoms with E-state index in [2.05, 4.69) is 48.0 Å². The average Bonchev–Trinajstić information content (AvgIpc) is 3.91. The van der Waals surface area contributed by atoms with Crippen LogP contribution in [0.1, 0.15) is 110 Å². The molecule has 2 fully saturated rings. The highest BCUT2D eigenvalue weighted by Gasteiger charge is 2.44. The molecule has 0 spiro atoms. The lowest BCUT2D eigenvalue weighted by Crippen LogP contribution is -2.57. The molecule has 4 heterocycles. The number of nitrogen functional groups attached to an aromatic ring is 1. The van der Waals surface area contributed by atoms with Crippen LogP contribution in [0.2, 0.25) is 5.02 Å². The number of benzene rings is 2. The number of likely N-dealkylation sites (tertiary alicyclic amines) is 1. The monoisotopic (exact) mass is 1000 g/mol. The minimum Gasteiger partial charge on any atom is -0.391 e. The summed E-state index contributed by atoms with van der Waals surface area (Å²) in [6.45, 7) is 13.2. The molecule has 9 N–H and O–H groups in total. The molecular formula is C49H66ClN11O6S2. The molecule has 4 atom stereocenters. The Hall–Kier alpha value is -5.34. The van der Waals surface area contributed by atoms with Crippen molar-refractivity contribution in [2.45, 2.75) is 139 Å². The number of aliphatic hydroxyl groups excluding tert-OH is 1. The number of β-amino-alcohol motifs (C(OH)–C–C–N with tert-alkyl or cyclic N) is 1. The Kier molecular flexibility index (Phi) is 18.1. The number of hydrogen-bond acceptors (Lipinski definition) is 14. The Morgan fingerprint density at radius 1 is 0.971 bits per heavy atom. The molecule has 4 aromatic rings. The van der Waals surface area contributed by atoms with E-state index < -0.39 is 29.5 Å². The molecule has 0 unspecified atom stereocenters. The molecule has 2 saturated heterocycles. The van der Waals surface area contributed by atoms with Gasteiger partial charge in [-0.3, -0.25) is 24.0 Å². The van der Waals surface area contributed by atoms with Gasteiger partial charge in [-0.2, -0.15) is 0 Å². The summed E-state index contributed by atoms with van der Waals surface area (Å²) in [6, 6.07) is 11.0. The van der Waals surface area contributed by atoms with Crippen molar-refractivity contribution in [1.82, 2.24) is 35.8 Å². The van der Waals surface area contributed by atoms with Crippen LogP contribution in [-0.2, 0) is 24.0 Å². The van der Waals surface area contributed by atoms with Crippen LogP contribution in [0.5, 0.6) is 0 Å². The van der Waals surface area contributed by atoms with Gasteiger partial charge in [-0.15, -0.1) is 11.3 Å². The van der Waals surface area contributed by atoms with E-state index in [0.717, 1.165) is 47.6 Å². The third kappa shape index (κ3) is 14.6. The number of nitrogens with one attached hydrogen (secondary N) is 4. The molecule has 372 valence electrons. The van der Waals surface area contributed by atoms with Crippen molar-refractivity contribution >= 4 is 81.6 Å².